The van der Waals surface area contributed by atoms with Crippen LogP contribution >= 0.6 is 0 Å². The molecule has 3 aliphatic rings. The van der Waals surface area contributed by atoms with E-state index in [2.05, 4.69) is 0 Å². The van der Waals surface area contributed by atoms with Gasteiger partial charge in [0.05, 0.1) is 19.8 Å². The summed E-state index contributed by atoms with van der Waals surface area (Å²) in [5.41, 5.74) is -1.66. The Kier molecular flexibility index (Phi) is 12.0. The zero-order valence-corrected chi connectivity index (χ0v) is 28.2. The molecule has 304 valence electrons. The van der Waals surface area contributed by atoms with Gasteiger partial charge in [-0.25, -0.2) is 0 Å². The zero-order chi connectivity index (χ0) is 40.0. The summed E-state index contributed by atoms with van der Waals surface area (Å²) in [5.74, 6) is -3.88. The number of aliphatic hydroxyl groups is 10. The Bertz CT molecular complexity index is 1870. The molecule has 22 heteroatoms. The summed E-state index contributed by atoms with van der Waals surface area (Å²) in [6.45, 7) is -2.76. The molecule has 3 fully saturated rings. The first-order chi connectivity index (χ1) is 26.1. The number of hydrogen-bond donors (Lipinski definition) is 14. The second-order valence-corrected chi connectivity index (χ2v) is 13.1. The van der Waals surface area contributed by atoms with Gasteiger partial charge < -0.3 is 104 Å². The van der Waals surface area contributed by atoms with Gasteiger partial charge in [-0.15, -0.1) is 0 Å². The SMILES string of the molecule is O=c1c(O[C@@H]2O[C@H](CO)[C@@H](O)[C@H](O)[C@H]2O[C@@H]2O[C@H](CO)[C@H](O)[C@H](O)[C@H]2O[C@@H]2O[C@H](CO)[C@@H](O)[C@H](O)[C@H]2O)c(-c2ccc(O)c(O)c2)oc2cc(O)cc(O)c12. The van der Waals surface area contributed by atoms with Crippen molar-refractivity contribution in [3.63, 3.8) is 0 Å². The van der Waals surface area contributed by atoms with E-state index in [1.165, 1.54) is 6.07 Å². The molecule has 0 radical (unpaired) electrons. The summed E-state index contributed by atoms with van der Waals surface area (Å²) < 4.78 is 40.0. The van der Waals surface area contributed by atoms with Crippen molar-refractivity contribution in [2.24, 2.45) is 0 Å². The molecule has 14 N–H and O–H groups in total. The Morgan fingerprint density at radius 2 is 1.09 bits per heavy atom. The van der Waals surface area contributed by atoms with E-state index in [1.807, 2.05) is 0 Å². The molecule has 55 heavy (non-hydrogen) atoms. The maximum Gasteiger partial charge on any atom is 0.239 e. The molecule has 0 saturated carbocycles. The Labute approximate surface area is 307 Å². The molecular formula is C33H40O22. The third-order valence-corrected chi connectivity index (χ3v) is 9.47. The lowest BCUT2D eigenvalue weighted by Gasteiger charge is -2.48. The normalized spacial score (nSPS) is 36.9. The Balaban J connectivity index is 1.41. The predicted molar refractivity (Wildman–Crippen MR) is 174 cm³/mol. The monoisotopic (exact) mass is 788 g/mol. The largest absolute Gasteiger partial charge is 0.508 e. The van der Waals surface area contributed by atoms with Crippen LogP contribution in [0.4, 0.5) is 0 Å². The number of aromatic hydroxyl groups is 4. The van der Waals surface area contributed by atoms with Crippen LogP contribution in [-0.4, -0.2) is 183 Å². The average Bonchev–Trinajstić information content (AvgIpc) is 3.15. The van der Waals surface area contributed by atoms with E-state index in [9.17, 15) is 76.3 Å². The summed E-state index contributed by atoms with van der Waals surface area (Å²) in [6, 6.07) is 4.95. The van der Waals surface area contributed by atoms with Crippen LogP contribution in [0.5, 0.6) is 28.7 Å². The van der Waals surface area contributed by atoms with Crippen molar-refractivity contribution in [3.05, 3.63) is 40.6 Å². The van der Waals surface area contributed by atoms with Gasteiger partial charge in [0.15, 0.2) is 35.9 Å². The maximum atomic E-state index is 14.0. The molecule has 2 aromatic carbocycles. The summed E-state index contributed by atoms with van der Waals surface area (Å²) >= 11 is 0. The molecule has 22 nitrogen and oxygen atoms in total. The number of fused-ring (bicyclic) bond motifs is 1. The first-order valence-corrected chi connectivity index (χ1v) is 16.7. The Morgan fingerprint density at radius 1 is 0.564 bits per heavy atom. The van der Waals surface area contributed by atoms with E-state index in [0.717, 1.165) is 24.3 Å². The smallest absolute Gasteiger partial charge is 0.239 e. The summed E-state index contributed by atoms with van der Waals surface area (Å²) in [5, 5.41) is 145. The highest BCUT2D eigenvalue weighted by molar-refractivity contribution is 5.88. The van der Waals surface area contributed by atoms with Gasteiger partial charge >= 0.3 is 0 Å². The van der Waals surface area contributed by atoms with Crippen LogP contribution in [0.25, 0.3) is 22.3 Å². The van der Waals surface area contributed by atoms with Crippen molar-refractivity contribution in [2.45, 2.75) is 92.1 Å². The number of aliphatic hydroxyl groups excluding tert-OH is 10. The minimum absolute atomic E-state index is 0.133. The van der Waals surface area contributed by atoms with Gasteiger partial charge in [-0.05, 0) is 18.2 Å². The van der Waals surface area contributed by atoms with Crippen molar-refractivity contribution < 1.29 is 104 Å². The molecule has 15 atom stereocenters. The van der Waals surface area contributed by atoms with Gasteiger partial charge in [-0.2, -0.15) is 0 Å². The maximum absolute atomic E-state index is 14.0. The minimum atomic E-state index is -2.12. The second kappa shape index (κ2) is 16.3. The highest BCUT2D eigenvalue weighted by Crippen LogP contribution is 2.40. The van der Waals surface area contributed by atoms with Crippen LogP contribution in [0.2, 0.25) is 0 Å². The van der Waals surface area contributed by atoms with Crippen molar-refractivity contribution in [2.75, 3.05) is 19.8 Å². The third-order valence-electron chi connectivity index (χ3n) is 9.47. The predicted octanol–water partition coefficient (Wildman–Crippen LogP) is -4.89. The van der Waals surface area contributed by atoms with Crippen LogP contribution in [0.1, 0.15) is 0 Å². The van der Waals surface area contributed by atoms with E-state index >= 15 is 0 Å². The number of ether oxygens (including phenoxy) is 6. The Morgan fingerprint density at radius 3 is 1.67 bits per heavy atom. The number of benzene rings is 2. The molecule has 0 amide bonds. The first-order valence-electron chi connectivity index (χ1n) is 16.7. The fraction of sp³-hybridized carbons (Fsp3) is 0.545. The van der Waals surface area contributed by atoms with Gasteiger partial charge in [0.2, 0.25) is 17.5 Å². The van der Waals surface area contributed by atoms with Gasteiger partial charge in [0.25, 0.3) is 0 Å². The lowest BCUT2D eigenvalue weighted by atomic mass is 9.96. The summed E-state index contributed by atoms with van der Waals surface area (Å²) in [6.07, 6.45) is -28.7. The fourth-order valence-electron chi connectivity index (χ4n) is 6.44. The molecule has 0 bridgehead atoms. The van der Waals surface area contributed by atoms with E-state index in [1.54, 1.807) is 0 Å². The fourth-order valence-corrected chi connectivity index (χ4v) is 6.44. The van der Waals surface area contributed by atoms with Gasteiger partial charge in [0.1, 0.15) is 89.6 Å². The van der Waals surface area contributed by atoms with Gasteiger partial charge in [-0.1, -0.05) is 0 Å². The molecule has 1 aromatic heterocycles. The van der Waals surface area contributed by atoms with Crippen molar-refractivity contribution in [1.29, 1.82) is 0 Å². The van der Waals surface area contributed by atoms with E-state index in [0.29, 0.717) is 0 Å². The average molecular weight is 789 g/mol. The van der Waals surface area contributed by atoms with Crippen LogP contribution in [0.3, 0.4) is 0 Å². The lowest BCUT2D eigenvalue weighted by Crippen LogP contribution is -2.67. The number of phenolic OH excluding ortho intramolecular Hbond substituents is 4. The number of phenols is 4. The molecule has 0 spiro atoms. The molecule has 6 rings (SSSR count). The summed E-state index contributed by atoms with van der Waals surface area (Å²) in [4.78, 5) is 14.0. The molecular weight excluding hydrogens is 748 g/mol. The van der Waals surface area contributed by atoms with Crippen molar-refractivity contribution in [1.82, 2.24) is 0 Å². The molecule has 3 aromatic rings. The standard InChI is InChI=1S/C33H40O22/c34-6-15-19(41)23(45)26(48)31(50-15)54-29-24(46)20(42)17(8-36)52-33(29)55-30-25(47)21(43)16(7-35)51-32(30)53-28-22(44)18-13(40)4-10(37)5-14(18)49-27(28)9-1-2-11(38)12(39)3-9/h1-5,15-17,19-21,23-26,29-43,45-48H,6-8H2/t15-,16-,17-,19-,20+,21-,23+,24+,25+,26-,29-,30-,31+,32+,33+/m1/s1. The van der Waals surface area contributed by atoms with Crippen LogP contribution < -0.4 is 10.2 Å². The number of hydrogen-bond acceptors (Lipinski definition) is 22. The van der Waals surface area contributed by atoms with Gasteiger partial charge in [-0.3, -0.25) is 4.79 Å². The molecule has 0 aliphatic carbocycles. The van der Waals surface area contributed by atoms with Crippen LogP contribution in [0.15, 0.2) is 39.5 Å². The first kappa shape index (κ1) is 40.7. The second-order valence-electron chi connectivity index (χ2n) is 13.1. The molecule has 0 unspecified atom stereocenters. The highest BCUT2D eigenvalue weighted by Gasteiger charge is 2.54. The van der Waals surface area contributed by atoms with Gasteiger partial charge in [0, 0.05) is 17.7 Å². The highest BCUT2D eigenvalue weighted by atomic mass is 16.8. The lowest BCUT2D eigenvalue weighted by molar-refractivity contribution is -0.389. The van der Waals surface area contributed by atoms with Crippen LogP contribution in [-0.2, 0) is 23.7 Å². The third kappa shape index (κ3) is 7.63. The molecule has 4 heterocycles. The van der Waals surface area contributed by atoms with Crippen molar-refractivity contribution in [3.8, 4) is 40.1 Å². The zero-order valence-electron chi connectivity index (χ0n) is 28.2. The van der Waals surface area contributed by atoms with E-state index in [-0.39, 0.29) is 11.1 Å². The van der Waals surface area contributed by atoms with Crippen LogP contribution in [0, 0.1) is 0 Å². The minimum Gasteiger partial charge on any atom is -0.508 e. The molecule has 3 saturated heterocycles. The number of rotatable bonds is 10. The quantitative estimate of drug-likeness (QED) is 0.0856. The topological polar surface area (TPSA) is 369 Å². The summed E-state index contributed by atoms with van der Waals surface area (Å²) in [7, 11) is 0. The van der Waals surface area contributed by atoms with E-state index < -0.39 is 157 Å². The van der Waals surface area contributed by atoms with E-state index in [4.69, 9.17) is 32.8 Å². The molecule has 3 aliphatic heterocycles. The van der Waals surface area contributed by atoms with Crippen molar-refractivity contribution >= 4 is 11.0 Å². The Hall–Kier alpha value is -3.95.